The largest absolute Gasteiger partial charge is 0.397 e. The lowest BCUT2D eigenvalue weighted by molar-refractivity contribution is 0.0919. The number of benzene rings is 1. The summed E-state index contributed by atoms with van der Waals surface area (Å²) in [6.45, 7) is 5.09. The van der Waals surface area contributed by atoms with Crippen molar-refractivity contribution in [2.45, 2.75) is 6.42 Å². The lowest BCUT2D eigenvalue weighted by Crippen LogP contribution is -2.28. The first kappa shape index (κ1) is 14.5. The Morgan fingerprint density at radius 3 is 3.00 bits per heavy atom. The predicted molar refractivity (Wildman–Crippen MR) is 73.8 cm³/mol. The Bertz CT molecular complexity index is 421. The van der Waals surface area contributed by atoms with Crippen LogP contribution in [0, 0.1) is 0 Å². The quantitative estimate of drug-likeness (QED) is 0.453. The van der Waals surface area contributed by atoms with Gasteiger partial charge in [0, 0.05) is 6.54 Å². The van der Waals surface area contributed by atoms with E-state index < -0.39 is 0 Å². The van der Waals surface area contributed by atoms with Crippen molar-refractivity contribution < 1.29 is 9.53 Å². The van der Waals surface area contributed by atoms with Gasteiger partial charge in [0.25, 0.3) is 5.91 Å². The second-order valence-electron chi connectivity index (χ2n) is 3.65. The summed E-state index contributed by atoms with van der Waals surface area (Å²) < 4.78 is 5.27. The third kappa shape index (κ3) is 4.39. The second-order valence-corrected chi connectivity index (χ2v) is 4.05. The number of amides is 1. The van der Waals surface area contributed by atoms with Gasteiger partial charge in [-0.25, -0.2) is 0 Å². The van der Waals surface area contributed by atoms with Gasteiger partial charge in [0.05, 0.1) is 29.5 Å². The molecule has 0 saturated carbocycles. The van der Waals surface area contributed by atoms with Crippen molar-refractivity contribution >= 4 is 23.2 Å². The number of hydrogen-bond acceptors (Lipinski definition) is 3. The standard InChI is InChI=1S/C13H17ClN2O2/c1-2-3-8-18-9-7-16-13(17)10-5-4-6-11(14)12(10)15/h2,4-6H,1,3,7-9,15H2,(H,16,17). The first-order valence-corrected chi connectivity index (χ1v) is 6.05. The summed E-state index contributed by atoms with van der Waals surface area (Å²) >= 11 is 5.84. The van der Waals surface area contributed by atoms with Crippen molar-refractivity contribution in [3.63, 3.8) is 0 Å². The molecule has 0 aliphatic carbocycles. The summed E-state index contributed by atoms with van der Waals surface area (Å²) in [5.41, 5.74) is 6.40. The van der Waals surface area contributed by atoms with Gasteiger partial charge in [0.15, 0.2) is 0 Å². The number of nitrogens with two attached hydrogens (primary N) is 1. The topological polar surface area (TPSA) is 64.3 Å². The maximum atomic E-state index is 11.8. The van der Waals surface area contributed by atoms with Crippen LogP contribution in [0.5, 0.6) is 0 Å². The summed E-state index contributed by atoms with van der Waals surface area (Å²) in [6.07, 6.45) is 2.58. The zero-order valence-electron chi connectivity index (χ0n) is 10.1. The molecule has 0 radical (unpaired) electrons. The van der Waals surface area contributed by atoms with E-state index >= 15 is 0 Å². The molecule has 0 aliphatic rings. The Labute approximate surface area is 112 Å². The Morgan fingerprint density at radius 2 is 2.28 bits per heavy atom. The van der Waals surface area contributed by atoms with Crippen molar-refractivity contribution in [3.05, 3.63) is 41.4 Å². The Hall–Kier alpha value is -1.52. The molecule has 18 heavy (non-hydrogen) atoms. The molecule has 3 N–H and O–H groups in total. The molecule has 0 aliphatic heterocycles. The van der Waals surface area contributed by atoms with Crippen molar-refractivity contribution in [1.82, 2.24) is 5.32 Å². The highest BCUT2D eigenvalue weighted by molar-refractivity contribution is 6.33. The molecule has 98 valence electrons. The van der Waals surface area contributed by atoms with Gasteiger partial charge in [-0.1, -0.05) is 23.7 Å². The number of carbonyl (C=O) groups excluding carboxylic acids is 1. The zero-order chi connectivity index (χ0) is 13.4. The smallest absolute Gasteiger partial charge is 0.253 e. The highest BCUT2D eigenvalue weighted by Crippen LogP contribution is 2.21. The van der Waals surface area contributed by atoms with Crippen LogP contribution in [0.1, 0.15) is 16.8 Å². The molecule has 4 nitrogen and oxygen atoms in total. The van der Waals surface area contributed by atoms with Crippen LogP contribution in [-0.2, 0) is 4.74 Å². The van der Waals surface area contributed by atoms with E-state index in [9.17, 15) is 4.79 Å². The van der Waals surface area contributed by atoms with Gasteiger partial charge in [-0.2, -0.15) is 0 Å². The fourth-order valence-electron chi connectivity index (χ4n) is 1.34. The highest BCUT2D eigenvalue weighted by Gasteiger charge is 2.10. The molecule has 5 heteroatoms. The first-order chi connectivity index (χ1) is 8.66. The SMILES string of the molecule is C=CCCOCCNC(=O)c1cccc(Cl)c1N. The third-order valence-corrected chi connectivity index (χ3v) is 2.63. The number of para-hydroxylation sites is 1. The van der Waals surface area contributed by atoms with Crippen molar-refractivity contribution in [1.29, 1.82) is 0 Å². The van der Waals surface area contributed by atoms with Gasteiger partial charge in [-0.3, -0.25) is 4.79 Å². The van der Waals surface area contributed by atoms with E-state index in [-0.39, 0.29) is 5.91 Å². The van der Waals surface area contributed by atoms with Gasteiger partial charge in [0.2, 0.25) is 0 Å². The van der Waals surface area contributed by atoms with Gasteiger partial charge in [-0.05, 0) is 18.6 Å². The maximum Gasteiger partial charge on any atom is 0.253 e. The molecule has 0 fully saturated rings. The average Bonchev–Trinajstić information content (AvgIpc) is 2.36. The van der Waals surface area contributed by atoms with Gasteiger partial charge in [-0.15, -0.1) is 6.58 Å². The minimum absolute atomic E-state index is 0.248. The number of nitrogens with one attached hydrogen (secondary N) is 1. The molecule has 1 amide bonds. The van der Waals surface area contributed by atoms with Crippen molar-refractivity contribution in [2.75, 3.05) is 25.5 Å². The normalized spacial score (nSPS) is 10.1. The lowest BCUT2D eigenvalue weighted by atomic mass is 10.1. The van der Waals surface area contributed by atoms with Gasteiger partial charge in [0.1, 0.15) is 0 Å². The number of anilines is 1. The highest BCUT2D eigenvalue weighted by atomic mass is 35.5. The number of ether oxygens (including phenoxy) is 1. The summed E-state index contributed by atoms with van der Waals surface area (Å²) in [6, 6.07) is 4.97. The van der Waals surface area contributed by atoms with E-state index in [1.165, 1.54) is 0 Å². The number of carbonyl (C=O) groups is 1. The van der Waals surface area contributed by atoms with Crippen LogP contribution >= 0.6 is 11.6 Å². The number of halogens is 1. The Balaban J connectivity index is 2.37. The summed E-state index contributed by atoms with van der Waals surface area (Å²) in [7, 11) is 0. The summed E-state index contributed by atoms with van der Waals surface area (Å²) in [4.78, 5) is 11.8. The molecule has 0 bridgehead atoms. The van der Waals surface area contributed by atoms with Crippen LogP contribution in [0.25, 0.3) is 0 Å². The molecule has 0 aromatic heterocycles. The lowest BCUT2D eigenvalue weighted by Gasteiger charge is -2.08. The van der Waals surface area contributed by atoms with Crippen LogP contribution in [-0.4, -0.2) is 25.7 Å². The first-order valence-electron chi connectivity index (χ1n) is 5.67. The monoisotopic (exact) mass is 268 g/mol. The van der Waals surface area contributed by atoms with E-state index in [4.69, 9.17) is 22.1 Å². The van der Waals surface area contributed by atoms with E-state index in [0.29, 0.717) is 36.0 Å². The fraction of sp³-hybridized carbons (Fsp3) is 0.308. The summed E-state index contributed by atoms with van der Waals surface area (Å²) in [5, 5.41) is 3.10. The van der Waals surface area contributed by atoms with Crippen LogP contribution in [0.15, 0.2) is 30.9 Å². The zero-order valence-corrected chi connectivity index (χ0v) is 10.9. The molecule has 0 saturated heterocycles. The second kappa shape index (κ2) is 7.74. The molecule has 1 aromatic carbocycles. The molecule has 0 atom stereocenters. The molecular weight excluding hydrogens is 252 g/mol. The minimum atomic E-state index is -0.248. The molecule has 1 rings (SSSR count). The number of rotatable bonds is 7. The molecule has 0 spiro atoms. The molecule has 0 unspecified atom stereocenters. The van der Waals surface area contributed by atoms with Crippen LogP contribution in [0.4, 0.5) is 5.69 Å². The van der Waals surface area contributed by atoms with Crippen LogP contribution in [0.3, 0.4) is 0 Å². The minimum Gasteiger partial charge on any atom is -0.397 e. The van der Waals surface area contributed by atoms with Crippen molar-refractivity contribution in [2.24, 2.45) is 0 Å². The van der Waals surface area contributed by atoms with E-state index in [0.717, 1.165) is 6.42 Å². The maximum absolute atomic E-state index is 11.8. The predicted octanol–water partition coefficient (Wildman–Crippen LogP) is 2.24. The van der Waals surface area contributed by atoms with Crippen LogP contribution in [0.2, 0.25) is 5.02 Å². The molecule has 1 aromatic rings. The van der Waals surface area contributed by atoms with Gasteiger partial charge >= 0.3 is 0 Å². The summed E-state index contributed by atoms with van der Waals surface area (Å²) in [5.74, 6) is -0.248. The van der Waals surface area contributed by atoms with E-state index in [1.807, 2.05) is 0 Å². The average molecular weight is 269 g/mol. The number of nitrogen functional groups attached to an aromatic ring is 1. The van der Waals surface area contributed by atoms with Crippen molar-refractivity contribution in [3.8, 4) is 0 Å². The number of hydrogen-bond donors (Lipinski definition) is 2. The Kier molecular flexibility index (Phi) is 6.25. The molecule has 0 heterocycles. The third-order valence-electron chi connectivity index (χ3n) is 2.30. The van der Waals surface area contributed by atoms with E-state index in [2.05, 4.69) is 11.9 Å². The fourth-order valence-corrected chi connectivity index (χ4v) is 1.51. The Morgan fingerprint density at radius 1 is 1.50 bits per heavy atom. The van der Waals surface area contributed by atoms with Crippen LogP contribution < -0.4 is 11.1 Å². The van der Waals surface area contributed by atoms with E-state index in [1.54, 1.807) is 24.3 Å². The van der Waals surface area contributed by atoms with Gasteiger partial charge < -0.3 is 15.8 Å². The molecular formula is C13H17ClN2O2.